The standard InChI is InChI=1S/C17H20FNO4/c1-12-2-5-16(23-12)8-9-17(21)19-10-14(20)11-22-15-6-3-13(18)4-7-15/h2-7,14,20H,8-11H2,1H3,(H,19,21). The van der Waals surface area contributed by atoms with Crippen LogP contribution in [0.4, 0.5) is 4.39 Å². The van der Waals surface area contributed by atoms with Crippen LogP contribution < -0.4 is 10.1 Å². The molecule has 0 fully saturated rings. The summed E-state index contributed by atoms with van der Waals surface area (Å²) in [5.74, 6) is 1.52. The molecule has 0 bridgehead atoms. The second-order valence-corrected chi connectivity index (χ2v) is 5.24. The lowest BCUT2D eigenvalue weighted by Gasteiger charge is -2.13. The summed E-state index contributed by atoms with van der Waals surface area (Å²) in [7, 11) is 0. The highest BCUT2D eigenvalue weighted by Gasteiger charge is 2.09. The summed E-state index contributed by atoms with van der Waals surface area (Å²) in [6, 6.07) is 9.20. The normalized spacial score (nSPS) is 12.0. The zero-order valence-corrected chi connectivity index (χ0v) is 12.9. The van der Waals surface area contributed by atoms with Crippen molar-refractivity contribution in [3.05, 3.63) is 53.7 Å². The molecule has 0 saturated carbocycles. The largest absolute Gasteiger partial charge is 0.491 e. The number of amides is 1. The van der Waals surface area contributed by atoms with Gasteiger partial charge < -0.3 is 19.6 Å². The molecule has 1 aromatic carbocycles. The molecule has 1 aromatic heterocycles. The number of hydrogen-bond donors (Lipinski definition) is 2. The third-order valence-electron chi connectivity index (χ3n) is 3.19. The number of benzene rings is 1. The number of aryl methyl sites for hydroxylation is 2. The first-order valence-electron chi connectivity index (χ1n) is 7.41. The molecule has 0 saturated heterocycles. The second-order valence-electron chi connectivity index (χ2n) is 5.24. The number of rotatable bonds is 8. The minimum atomic E-state index is -0.838. The van der Waals surface area contributed by atoms with E-state index in [2.05, 4.69) is 5.32 Å². The maximum atomic E-state index is 12.7. The highest BCUT2D eigenvalue weighted by atomic mass is 19.1. The molecule has 0 aliphatic carbocycles. The smallest absolute Gasteiger partial charge is 0.220 e. The number of furan rings is 1. The van der Waals surface area contributed by atoms with E-state index >= 15 is 0 Å². The van der Waals surface area contributed by atoms with Crippen LogP contribution in [-0.2, 0) is 11.2 Å². The van der Waals surface area contributed by atoms with Crippen LogP contribution in [0.3, 0.4) is 0 Å². The summed E-state index contributed by atoms with van der Waals surface area (Å²) in [6.45, 7) is 1.96. The lowest BCUT2D eigenvalue weighted by molar-refractivity contribution is -0.121. The molecular weight excluding hydrogens is 301 g/mol. The van der Waals surface area contributed by atoms with Crippen molar-refractivity contribution in [2.24, 2.45) is 0 Å². The van der Waals surface area contributed by atoms with E-state index in [1.807, 2.05) is 19.1 Å². The Morgan fingerprint density at radius 2 is 2.04 bits per heavy atom. The Hall–Kier alpha value is -2.34. The SMILES string of the molecule is Cc1ccc(CCC(=O)NCC(O)COc2ccc(F)cc2)o1. The molecule has 2 rings (SSSR count). The van der Waals surface area contributed by atoms with Crippen molar-refractivity contribution in [2.45, 2.75) is 25.9 Å². The predicted molar refractivity (Wildman–Crippen MR) is 82.7 cm³/mol. The van der Waals surface area contributed by atoms with Gasteiger partial charge in [0.2, 0.25) is 5.91 Å². The lowest BCUT2D eigenvalue weighted by atomic mass is 10.2. The van der Waals surface area contributed by atoms with Gasteiger partial charge >= 0.3 is 0 Å². The molecule has 0 aliphatic heterocycles. The number of aliphatic hydroxyl groups is 1. The molecule has 1 amide bonds. The summed E-state index contributed by atoms with van der Waals surface area (Å²) in [4.78, 5) is 11.7. The number of halogens is 1. The number of aliphatic hydroxyl groups excluding tert-OH is 1. The fourth-order valence-corrected chi connectivity index (χ4v) is 1.96. The number of nitrogens with one attached hydrogen (secondary N) is 1. The first-order chi connectivity index (χ1) is 11.0. The molecule has 2 aromatic rings. The van der Waals surface area contributed by atoms with Crippen LogP contribution in [0.5, 0.6) is 5.75 Å². The van der Waals surface area contributed by atoms with Crippen molar-refractivity contribution in [2.75, 3.05) is 13.2 Å². The van der Waals surface area contributed by atoms with Crippen molar-refractivity contribution in [1.29, 1.82) is 0 Å². The lowest BCUT2D eigenvalue weighted by Crippen LogP contribution is -2.35. The van der Waals surface area contributed by atoms with Crippen LogP contribution in [0.25, 0.3) is 0 Å². The molecule has 1 heterocycles. The van der Waals surface area contributed by atoms with Crippen molar-refractivity contribution < 1.29 is 23.4 Å². The zero-order valence-electron chi connectivity index (χ0n) is 12.9. The fraction of sp³-hybridized carbons (Fsp3) is 0.353. The maximum Gasteiger partial charge on any atom is 0.220 e. The van der Waals surface area contributed by atoms with Gasteiger partial charge in [-0.05, 0) is 43.3 Å². The first-order valence-corrected chi connectivity index (χ1v) is 7.41. The monoisotopic (exact) mass is 321 g/mol. The Morgan fingerprint density at radius 3 is 2.70 bits per heavy atom. The van der Waals surface area contributed by atoms with E-state index in [9.17, 15) is 14.3 Å². The van der Waals surface area contributed by atoms with Gasteiger partial charge in [-0.25, -0.2) is 4.39 Å². The van der Waals surface area contributed by atoms with Crippen LogP contribution in [0.1, 0.15) is 17.9 Å². The summed E-state index contributed by atoms with van der Waals surface area (Å²) in [6.07, 6.45) is -0.0322. The highest BCUT2D eigenvalue weighted by Crippen LogP contribution is 2.11. The fourth-order valence-electron chi connectivity index (χ4n) is 1.96. The van der Waals surface area contributed by atoms with Crippen molar-refractivity contribution in [3.63, 3.8) is 0 Å². The molecule has 1 atom stereocenters. The Bertz CT molecular complexity index is 624. The first kappa shape index (κ1) is 17.0. The molecule has 5 nitrogen and oxygen atoms in total. The van der Waals surface area contributed by atoms with Crippen molar-refractivity contribution in [3.8, 4) is 5.75 Å². The Kier molecular flexibility index (Phi) is 6.17. The van der Waals surface area contributed by atoms with Gasteiger partial charge in [-0.3, -0.25) is 4.79 Å². The molecule has 23 heavy (non-hydrogen) atoms. The van der Waals surface area contributed by atoms with E-state index in [1.54, 1.807) is 0 Å². The highest BCUT2D eigenvalue weighted by molar-refractivity contribution is 5.76. The van der Waals surface area contributed by atoms with Gasteiger partial charge in [-0.15, -0.1) is 0 Å². The van der Waals surface area contributed by atoms with E-state index in [1.165, 1.54) is 24.3 Å². The van der Waals surface area contributed by atoms with Crippen LogP contribution >= 0.6 is 0 Å². The summed E-state index contributed by atoms with van der Waals surface area (Å²) in [5.41, 5.74) is 0. The Labute approximate surface area is 134 Å². The van der Waals surface area contributed by atoms with E-state index in [0.717, 1.165) is 11.5 Å². The van der Waals surface area contributed by atoms with Gasteiger partial charge in [-0.2, -0.15) is 0 Å². The van der Waals surface area contributed by atoms with Gasteiger partial charge in [0.05, 0.1) is 0 Å². The minimum Gasteiger partial charge on any atom is -0.491 e. The topological polar surface area (TPSA) is 71.7 Å². The van der Waals surface area contributed by atoms with Gasteiger partial charge in [0.15, 0.2) is 0 Å². The minimum absolute atomic E-state index is 0.0172. The second kappa shape index (κ2) is 8.33. The quantitative estimate of drug-likeness (QED) is 0.782. The van der Waals surface area contributed by atoms with Gasteiger partial charge in [0, 0.05) is 19.4 Å². The van der Waals surface area contributed by atoms with Crippen LogP contribution in [0, 0.1) is 12.7 Å². The van der Waals surface area contributed by atoms with Crippen LogP contribution in [0.15, 0.2) is 40.8 Å². The van der Waals surface area contributed by atoms with Crippen LogP contribution in [0.2, 0.25) is 0 Å². The number of ether oxygens (including phenoxy) is 1. The molecule has 124 valence electrons. The number of hydrogen-bond acceptors (Lipinski definition) is 4. The average molecular weight is 321 g/mol. The average Bonchev–Trinajstić information content (AvgIpc) is 2.96. The predicted octanol–water partition coefficient (Wildman–Crippen LogP) is 2.22. The van der Waals surface area contributed by atoms with Crippen LogP contribution in [-0.4, -0.2) is 30.3 Å². The molecule has 0 aliphatic rings. The number of carbonyl (C=O) groups is 1. The van der Waals surface area contributed by atoms with Gasteiger partial charge in [-0.1, -0.05) is 0 Å². The summed E-state index contributed by atoms with van der Waals surface area (Å²) >= 11 is 0. The molecular formula is C17H20FNO4. The molecule has 1 unspecified atom stereocenters. The van der Waals surface area contributed by atoms with Crippen molar-refractivity contribution in [1.82, 2.24) is 5.32 Å². The Morgan fingerprint density at radius 1 is 1.30 bits per heavy atom. The van der Waals surface area contributed by atoms with Gasteiger partial charge in [0.25, 0.3) is 0 Å². The Balaban J connectivity index is 1.62. The van der Waals surface area contributed by atoms with E-state index in [0.29, 0.717) is 18.6 Å². The summed E-state index contributed by atoms with van der Waals surface area (Å²) in [5, 5.41) is 12.4. The van der Waals surface area contributed by atoms with Gasteiger partial charge in [0.1, 0.15) is 35.8 Å². The molecule has 0 radical (unpaired) electrons. The van der Waals surface area contributed by atoms with Crippen molar-refractivity contribution >= 4 is 5.91 Å². The third-order valence-corrected chi connectivity index (χ3v) is 3.19. The third kappa shape index (κ3) is 6.12. The van der Waals surface area contributed by atoms with E-state index < -0.39 is 6.10 Å². The molecule has 2 N–H and O–H groups in total. The van der Waals surface area contributed by atoms with E-state index in [-0.39, 0.29) is 24.9 Å². The maximum absolute atomic E-state index is 12.7. The molecule has 6 heteroatoms. The summed E-state index contributed by atoms with van der Waals surface area (Å²) < 4.78 is 23.4. The molecule has 0 spiro atoms. The number of carbonyl (C=O) groups excluding carboxylic acids is 1. The zero-order chi connectivity index (χ0) is 16.7. The van der Waals surface area contributed by atoms with E-state index in [4.69, 9.17) is 9.15 Å².